The van der Waals surface area contributed by atoms with Gasteiger partial charge in [-0.25, -0.2) is 0 Å². The van der Waals surface area contributed by atoms with Gasteiger partial charge in [-0.3, -0.25) is 9.80 Å². The van der Waals surface area contributed by atoms with E-state index in [9.17, 15) is 23.1 Å². The van der Waals surface area contributed by atoms with E-state index in [0.29, 0.717) is 17.7 Å². The fraction of sp³-hybridized carbons (Fsp3) is 0.471. The summed E-state index contributed by atoms with van der Waals surface area (Å²) in [6, 6.07) is 4.25. The van der Waals surface area contributed by atoms with Crippen LogP contribution < -0.4 is 22.0 Å². The van der Waals surface area contributed by atoms with Gasteiger partial charge >= 0.3 is 6.18 Å². The Morgan fingerprint density at radius 2 is 2.00 bits per heavy atom. The van der Waals surface area contributed by atoms with Crippen LogP contribution in [-0.2, 0) is 16.6 Å². The van der Waals surface area contributed by atoms with E-state index in [0.717, 1.165) is 12.1 Å². The molecule has 148 valence electrons. The summed E-state index contributed by atoms with van der Waals surface area (Å²) in [5.74, 6) is -0.506. The molecule has 0 radical (unpaired) electrons. The van der Waals surface area contributed by atoms with Crippen LogP contribution in [0, 0.1) is 0 Å². The van der Waals surface area contributed by atoms with E-state index in [1.165, 1.54) is 17.1 Å². The van der Waals surface area contributed by atoms with E-state index >= 15 is 0 Å². The summed E-state index contributed by atoms with van der Waals surface area (Å²) in [7, 11) is 0. The SMILES string of the molecule is C[C@H]1CC(O)(c2ccc(C(F)(F)F)cc2)C[C@@H](C2=CN(CC(N)=O)NN2)N1. The topological polar surface area (TPSA) is 103 Å². The summed E-state index contributed by atoms with van der Waals surface area (Å²) in [4.78, 5) is 11.0. The molecule has 1 saturated heterocycles. The van der Waals surface area contributed by atoms with Crippen molar-refractivity contribution < 1.29 is 23.1 Å². The van der Waals surface area contributed by atoms with E-state index in [-0.39, 0.29) is 25.0 Å². The minimum atomic E-state index is -4.42. The zero-order valence-corrected chi connectivity index (χ0v) is 14.7. The lowest BCUT2D eigenvalue weighted by Gasteiger charge is -2.41. The molecule has 7 nitrogen and oxygen atoms in total. The number of hydrogen-bond acceptors (Lipinski definition) is 6. The lowest BCUT2D eigenvalue weighted by atomic mass is 9.78. The first-order chi connectivity index (χ1) is 12.6. The summed E-state index contributed by atoms with van der Waals surface area (Å²) in [5.41, 5.74) is 9.99. The molecular formula is C17H22F3N5O2. The smallest absolute Gasteiger partial charge is 0.385 e. The second-order valence-corrected chi connectivity index (χ2v) is 7.05. The van der Waals surface area contributed by atoms with Crippen LogP contribution in [0.3, 0.4) is 0 Å². The molecule has 10 heteroatoms. The van der Waals surface area contributed by atoms with Gasteiger partial charge in [0.2, 0.25) is 5.91 Å². The number of carbonyl (C=O) groups is 1. The molecule has 2 aliphatic rings. The van der Waals surface area contributed by atoms with Crippen LogP contribution in [-0.4, -0.2) is 34.7 Å². The van der Waals surface area contributed by atoms with Crippen molar-refractivity contribution >= 4 is 5.91 Å². The third kappa shape index (κ3) is 4.34. The molecule has 1 aromatic carbocycles. The van der Waals surface area contributed by atoms with Crippen LogP contribution >= 0.6 is 0 Å². The maximum Gasteiger partial charge on any atom is 0.416 e. The van der Waals surface area contributed by atoms with Crippen molar-refractivity contribution in [3.8, 4) is 0 Å². The highest BCUT2D eigenvalue weighted by atomic mass is 19.4. The number of amides is 1. The molecule has 2 aliphatic heterocycles. The van der Waals surface area contributed by atoms with Crippen molar-refractivity contribution in [1.82, 2.24) is 21.3 Å². The largest absolute Gasteiger partial charge is 0.416 e. The number of primary amides is 1. The Labute approximate surface area is 154 Å². The molecule has 0 aliphatic carbocycles. The summed E-state index contributed by atoms with van der Waals surface area (Å²) in [6.07, 6.45) is -2.12. The fourth-order valence-electron chi connectivity index (χ4n) is 3.59. The van der Waals surface area contributed by atoms with Crippen LogP contribution in [0.1, 0.15) is 30.9 Å². The van der Waals surface area contributed by atoms with Gasteiger partial charge in [0.1, 0.15) is 6.54 Å². The average Bonchev–Trinajstić information content (AvgIpc) is 3.01. The molecule has 2 heterocycles. The molecule has 0 bridgehead atoms. The molecule has 1 aromatic rings. The van der Waals surface area contributed by atoms with Crippen LogP contribution in [0.4, 0.5) is 13.2 Å². The highest BCUT2D eigenvalue weighted by Gasteiger charge is 2.41. The molecule has 6 N–H and O–H groups in total. The maximum absolute atomic E-state index is 12.8. The number of carbonyl (C=O) groups excluding carboxylic acids is 1. The Morgan fingerprint density at radius 1 is 1.33 bits per heavy atom. The average molecular weight is 385 g/mol. The van der Waals surface area contributed by atoms with Gasteiger partial charge in [0.15, 0.2) is 0 Å². The minimum Gasteiger partial charge on any atom is -0.385 e. The Balaban J connectivity index is 1.79. The van der Waals surface area contributed by atoms with Crippen LogP contribution in [0.5, 0.6) is 0 Å². The second kappa shape index (κ2) is 7.02. The predicted octanol–water partition coefficient (Wildman–Crippen LogP) is 0.685. The molecule has 3 rings (SSSR count). The van der Waals surface area contributed by atoms with Gasteiger partial charge in [0, 0.05) is 18.7 Å². The summed E-state index contributed by atoms with van der Waals surface area (Å²) in [6.45, 7) is 1.87. The number of rotatable bonds is 4. The third-order valence-electron chi connectivity index (χ3n) is 4.76. The van der Waals surface area contributed by atoms with E-state index in [1.807, 2.05) is 6.92 Å². The molecule has 1 amide bonds. The summed E-state index contributed by atoms with van der Waals surface area (Å²) in [5, 5.41) is 16.0. The first kappa shape index (κ1) is 19.5. The van der Waals surface area contributed by atoms with E-state index in [2.05, 4.69) is 16.3 Å². The Hall–Kier alpha value is -2.30. The van der Waals surface area contributed by atoms with Crippen molar-refractivity contribution in [1.29, 1.82) is 0 Å². The summed E-state index contributed by atoms with van der Waals surface area (Å²) >= 11 is 0. The minimum absolute atomic E-state index is 0.0258. The Bertz CT molecular complexity index is 737. The number of halogens is 3. The summed E-state index contributed by atoms with van der Waals surface area (Å²) < 4.78 is 38.3. The number of hydrogen-bond donors (Lipinski definition) is 5. The van der Waals surface area contributed by atoms with Crippen molar-refractivity contribution in [2.24, 2.45) is 5.73 Å². The monoisotopic (exact) mass is 385 g/mol. The standard InChI is InChI=1S/C17H22F3N5O2/c1-10-6-16(27,11-2-4-12(5-3-11)17(18,19)20)7-13(22-10)14-8-25(24-23-14)9-15(21)26/h2-5,8,10,13,22-24,27H,6-7,9H2,1H3,(H2,21,26)/t10-,13-,16?/m0/s1. The molecule has 1 unspecified atom stereocenters. The van der Waals surface area contributed by atoms with Gasteiger partial charge < -0.3 is 21.6 Å². The molecular weight excluding hydrogens is 363 g/mol. The van der Waals surface area contributed by atoms with Crippen LogP contribution in [0.15, 0.2) is 36.2 Å². The number of nitrogens with one attached hydrogen (secondary N) is 3. The van der Waals surface area contributed by atoms with Crippen LogP contribution in [0.25, 0.3) is 0 Å². The zero-order valence-electron chi connectivity index (χ0n) is 14.7. The van der Waals surface area contributed by atoms with Gasteiger partial charge in [-0.1, -0.05) is 12.1 Å². The van der Waals surface area contributed by atoms with Gasteiger partial charge in [-0.2, -0.15) is 13.2 Å². The third-order valence-corrected chi connectivity index (χ3v) is 4.76. The Kier molecular flexibility index (Phi) is 5.06. The van der Waals surface area contributed by atoms with Crippen molar-refractivity contribution in [2.75, 3.05) is 6.54 Å². The molecule has 0 saturated carbocycles. The number of nitrogens with two attached hydrogens (primary N) is 1. The first-order valence-corrected chi connectivity index (χ1v) is 8.51. The number of nitrogens with zero attached hydrogens (tertiary/aromatic N) is 1. The second-order valence-electron chi connectivity index (χ2n) is 7.05. The van der Waals surface area contributed by atoms with Crippen molar-refractivity contribution in [3.63, 3.8) is 0 Å². The highest BCUT2D eigenvalue weighted by molar-refractivity contribution is 5.76. The first-order valence-electron chi connectivity index (χ1n) is 8.51. The van der Waals surface area contributed by atoms with Crippen LogP contribution in [0.2, 0.25) is 0 Å². The number of aliphatic hydroxyl groups is 1. The normalized spacial score (nSPS) is 28.6. The van der Waals surface area contributed by atoms with Gasteiger partial charge in [0.05, 0.1) is 22.9 Å². The molecule has 0 aromatic heterocycles. The zero-order chi connectivity index (χ0) is 19.8. The maximum atomic E-state index is 12.8. The molecule has 3 atom stereocenters. The molecule has 27 heavy (non-hydrogen) atoms. The van der Waals surface area contributed by atoms with Crippen molar-refractivity contribution in [2.45, 2.75) is 43.6 Å². The molecule has 1 fully saturated rings. The Morgan fingerprint density at radius 3 is 2.59 bits per heavy atom. The number of alkyl halides is 3. The lowest BCUT2D eigenvalue weighted by Crippen LogP contribution is -2.53. The van der Waals surface area contributed by atoms with E-state index < -0.39 is 23.2 Å². The lowest BCUT2D eigenvalue weighted by molar-refractivity contribution is -0.137. The molecule has 0 spiro atoms. The van der Waals surface area contributed by atoms with Gasteiger partial charge in [0.25, 0.3) is 0 Å². The fourth-order valence-corrected chi connectivity index (χ4v) is 3.59. The number of hydrazine groups is 2. The quantitative estimate of drug-likeness (QED) is 0.523. The number of piperidine rings is 1. The van der Waals surface area contributed by atoms with Gasteiger partial charge in [-0.05, 0) is 31.0 Å². The van der Waals surface area contributed by atoms with E-state index in [1.54, 1.807) is 6.20 Å². The van der Waals surface area contributed by atoms with Gasteiger partial charge in [-0.15, -0.1) is 5.53 Å². The predicted molar refractivity (Wildman–Crippen MR) is 91.2 cm³/mol. The van der Waals surface area contributed by atoms with E-state index in [4.69, 9.17) is 5.73 Å². The van der Waals surface area contributed by atoms with Crippen molar-refractivity contribution in [3.05, 3.63) is 47.3 Å². The highest BCUT2D eigenvalue weighted by Crippen LogP contribution is 2.38. The number of benzene rings is 1.